The van der Waals surface area contributed by atoms with Crippen LogP contribution >= 0.6 is 11.6 Å². The molecule has 0 aliphatic rings. The molecule has 0 amide bonds. The molecule has 0 aliphatic heterocycles. The van der Waals surface area contributed by atoms with E-state index < -0.39 is 0 Å². The van der Waals surface area contributed by atoms with Crippen LogP contribution in [0, 0.1) is 0 Å². The van der Waals surface area contributed by atoms with E-state index >= 15 is 0 Å². The minimum absolute atomic E-state index is 0.207. The van der Waals surface area contributed by atoms with Crippen LogP contribution in [0.25, 0.3) is 0 Å². The highest BCUT2D eigenvalue weighted by Gasteiger charge is 2.12. The summed E-state index contributed by atoms with van der Waals surface area (Å²) in [6, 6.07) is 17.2. The van der Waals surface area contributed by atoms with Gasteiger partial charge in [0.2, 0.25) is 0 Å². The normalized spacial score (nSPS) is 14.0. The fourth-order valence-electron chi connectivity index (χ4n) is 2.43. The number of rotatable bonds is 5. The number of hydrogen-bond donors (Lipinski definition) is 1. The van der Waals surface area contributed by atoms with Crippen LogP contribution in [0.2, 0.25) is 5.02 Å². The molecule has 2 aromatic carbocycles. The Labute approximate surface area is 127 Å². The second kappa shape index (κ2) is 6.92. The maximum absolute atomic E-state index is 5.96. The molecule has 0 spiro atoms. The van der Waals surface area contributed by atoms with Crippen LogP contribution in [0.5, 0.6) is 0 Å². The first kappa shape index (κ1) is 15.1. The van der Waals surface area contributed by atoms with Gasteiger partial charge in [-0.05, 0) is 48.2 Å². The second-order valence-corrected chi connectivity index (χ2v) is 5.69. The smallest absolute Gasteiger partial charge is 0.0574 e. The van der Waals surface area contributed by atoms with Gasteiger partial charge in [0.25, 0.3) is 0 Å². The highest BCUT2D eigenvalue weighted by atomic mass is 35.5. The first-order chi connectivity index (χ1) is 9.65. The molecule has 1 nitrogen and oxygen atoms in total. The van der Waals surface area contributed by atoms with Gasteiger partial charge in [-0.15, -0.1) is 0 Å². The summed E-state index contributed by atoms with van der Waals surface area (Å²) in [4.78, 5) is 0. The third-order valence-electron chi connectivity index (χ3n) is 3.94. The van der Waals surface area contributed by atoms with Gasteiger partial charge >= 0.3 is 0 Å². The Balaban J connectivity index is 2.25. The maximum atomic E-state index is 5.96. The van der Waals surface area contributed by atoms with Crippen LogP contribution in [0.15, 0.2) is 48.5 Å². The third kappa shape index (κ3) is 3.41. The summed E-state index contributed by atoms with van der Waals surface area (Å²) in [5.74, 6) is 0.618. The minimum Gasteiger partial charge on any atom is -0.309 e. The first-order valence-electron chi connectivity index (χ1n) is 7.18. The predicted octanol–water partition coefficient (Wildman–Crippen LogP) is 5.16. The molecular weight excluding hydrogens is 266 g/mol. The predicted molar refractivity (Wildman–Crippen MR) is 87.5 cm³/mol. The van der Waals surface area contributed by atoms with E-state index in [2.05, 4.69) is 55.6 Å². The summed E-state index contributed by atoms with van der Waals surface area (Å²) >= 11 is 5.96. The molecule has 106 valence electrons. The van der Waals surface area contributed by atoms with Gasteiger partial charge in [-0.3, -0.25) is 0 Å². The molecule has 1 N–H and O–H groups in total. The molecule has 2 atom stereocenters. The molecule has 0 saturated heterocycles. The fraction of sp³-hybridized carbons (Fsp3) is 0.333. The van der Waals surface area contributed by atoms with Crippen LogP contribution in [0.4, 0.5) is 0 Å². The van der Waals surface area contributed by atoms with Crippen LogP contribution in [0.3, 0.4) is 0 Å². The molecule has 0 fully saturated rings. The Hall–Kier alpha value is -1.31. The molecule has 0 bridgehead atoms. The van der Waals surface area contributed by atoms with Gasteiger partial charge in [-0.25, -0.2) is 0 Å². The second-order valence-electron chi connectivity index (χ2n) is 5.25. The molecule has 0 radical (unpaired) electrons. The lowest BCUT2D eigenvalue weighted by molar-refractivity contribution is 0.688. The zero-order valence-corrected chi connectivity index (χ0v) is 13.1. The zero-order chi connectivity index (χ0) is 14.5. The lowest BCUT2D eigenvalue weighted by atomic mass is 9.94. The molecule has 2 heteroatoms. The van der Waals surface area contributed by atoms with E-state index in [0.717, 1.165) is 5.02 Å². The van der Waals surface area contributed by atoms with Crippen LogP contribution in [0.1, 0.15) is 48.9 Å². The maximum Gasteiger partial charge on any atom is 0.0574 e. The van der Waals surface area contributed by atoms with Crippen molar-refractivity contribution in [2.45, 2.75) is 32.2 Å². The van der Waals surface area contributed by atoms with Crippen molar-refractivity contribution in [3.8, 4) is 0 Å². The monoisotopic (exact) mass is 287 g/mol. The largest absolute Gasteiger partial charge is 0.309 e. The van der Waals surface area contributed by atoms with Gasteiger partial charge in [0.05, 0.1) is 6.04 Å². The molecule has 20 heavy (non-hydrogen) atoms. The lowest BCUT2D eigenvalue weighted by Crippen LogP contribution is -2.17. The van der Waals surface area contributed by atoms with E-state index in [0.29, 0.717) is 5.92 Å². The fourth-order valence-corrected chi connectivity index (χ4v) is 2.56. The van der Waals surface area contributed by atoms with Gasteiger partial charge < -0.3 is 5.32 Å². The van der Waals surface area contributed by atoms with Crippen molar-refractivity contribution in [3.63, 3.8) is 0 Å². The molecular formula is C18H22ClN. The summed E-state index contributed by atoms with van der Waals surface area (Å²) in [7, 11) is 1.99. The third-order valence-corrected chi connectivity index (χ3v) is 4.20. The average molecular weight is 288 g/mol. The lowest BCUT2D eigenvalue weighted by Gasteiger charge is -2.18. The number of halogens is 1. The molecule has 2 aromatic rings. The Morgan fingerprint density at radius 3 is 1.80 bits per heavy atom. The number of hydrogen-bond acceptors (Lipinski definition) is 1. The molecule has 2 rings (SSSR count). The first-order valence-corrected chi connectivity index (χ1v) is 7.56. The molecule has 2 unspecified atom stereocenters. The number of nitrogens with one attached hydrogen (secondary N) is 1. The summed E-state index contributed by atoms with van der Waals surface area (Å²) in [5.41, 5.74) is 3.91. The van der Waals surface area contributed by atoms with E-state index in [4.69, 9.17) is 11.6 Å². The minimum atomic E-state index is 0.207. The zero-order valence-electron chi connectivity index (χ0n) is 12.4. The van der Waals surface area contributed by atoms with Crippen molar-refractivity contribution < 1.29 is 0 Å². The van der Waals surface area contributed by atoms with E-state index in [-0.39, 0.29) is 6.04 Å². The van der Waals surface area contributed by atoms with Crippen LogP contribution in [-0.2, 0) is 0 Å². The highest BCUT2D eigenvalue weighted by molar-refractivity contribution is 6.30. The molecule has 0 aliphatic carbocycles. The summed E-state index contributed by atoms with van der Waals surface area (Å²) < 4.78 is 0. The summed E-state index contributed by atoms with van der Waals surface area (Å²) in [5, 5.41) is 4.15. The van der Waals surface area contributed by atoms with E-state index in [1.165, 1.54) is 23.1 Å². The molecule has 0 heterocycles. The van der Waals surface area contributed by atoms with Crippen molar-refractivity contribution in [1.82, 2.24) is 5.32 Å². The van der Waals surface area contributed by atoms with E-state index in [9.17, 15) is 0 Å². The average Bonchev–Trinajstić information content (AvgIpc) is 2.50. The van der Waals surface area contributed by atoms with Gasteiger partial charge in [0.1, 0.15) is 0 Å². The van der Waals surface area contributed by atoms with Gasteiger partial charge in [0, 0.05) is 5.02 Å². The summed E-state index contributed by atoms with van der Waals surface area (Å²) in [6.45, 7) is 4.49. The van der Waals surface area contributed by atoms with Gasteiger partial charge in [-0.1, -0.05) is 61.8 Å². The Bertz CT molecular complexity index is 530. The van der Waals surface area contributed by atoms with Crippen molar-refractivity contribution in [2.24, 2.45) is 0 Å². The quantitative estimate of drug-likeness (QED) is 0.801. The van der Waals surface area contributed by atoms with Crippen molar-refractivity contribution in [1.29, 1.82) is 0 Å². The topological polar surface area (TPSA) is 12.0 Å². The van der Waals surface area contributed by atoms with Gasteiger partial charge in [-0.2, -0.15) is 0 Å². The molecule has 0 aromatic heterocycles. The van der Waals surface area contributed by atoms with E-state index in [1.807, 2.05) is 19.2 Å². The van der Waals surface area contributed by atoms with Gasteiger partial charge in [0.15, 0.2) is 0 Å². The Kier molecular flexibility index (Phi) is 5.22. The SMILES string of the molecule is CCC(C)c1ccc(C(NC)c2ccc(Cl)cc2)cc1. The Morgan fingerprint density at radius 2 is 1.35 bits per heavy atom. The van der Waals surface area contributed by atoms with Crippen molar-refractivity contribution >= 4 is 11.6 Å². The highest BCUT2D eigenvalue weighted by Crippen LogP contribution is 2.25. The van der Waals surface area contributed by atoms with Crippen LogP contribution in [-0.4, -0.2) is 7.05 Å². The summed E-state index contributed by atoms with van der Waals surface area (Å²) in [6.07, 6.45) is 1.17. The standard InChI is InChI=1S/C18H22ClN/c1-4-13(2)14-5-7-15(8-6-14)18(20-3)16-9-11-17(19)12-10-16/h5-13,18,20H,4H2,1-3H3. The van der Waals surface area contributed by atoms with Crippen LogP contribution < -0.4 is 5.32 Å². The van der Waals surface area contributed by atoms with Crippen molar-refractivity contribution in [3.05, 3.63) is 70.2 Å². The Morgan fingerprint density at radius 1 is 0.900 bits per heavy atom. The number of benzene rings is 2. The van der Waals surface area contributed by atoms with Crippen molar-refractivity contribution in [2.75, 3.05) is 7.05 Å². The molecule has 0 saturated carbocycles. The van der Waals surface area contributed by atoms with E-state index in [1.54, 1.807) is 0 Å².